The second-order valence-corrected chi connectivity index (χ2v) is 9.03. The number of carbonyl (C=O) groups is 2. The molecular weight excluding hydrogens is 639 g/mol. The number of carboxylic acid groups (broad SMARTS) is 2. The standard InChI is InChI=1S/C14H10F16O7S.Na.H/c15-5(16)11(23,24)13(27,28)9(19,20)1-3(4(31)32)8(7(33)34,38(35,36)37)2-10(21,22)14(29,30)12(25,26)6(17)18;;/h3,5-6H,1-2H2,(H,31,32)(H,33,34)(H,35,36,37);;/q;+1;-1. The van der Waals surface area contributed by atoms with Gasteiger partial charge in [0.25, 0.3) is 10.1 Å². The van der Waals surface area contributed by atoms with Crippen molar-refractivity contribution in [3.8, 4) is 0 Å². The predicted molar refractivity (Wildman–Crippen MR) is 85.1 cm³/mol. The van der Waals surface area contributed by atoms with Gasteiger partial charge in [-0.2, -0.15) is 61.1 Å². The summed E-state index contributed by atoms with van der Waals surface area (Å²) in [6.45, 7) is 0. The van der Waals surface area contributed by atoms with E-state index >= 15 is 0 Å². The third-order valence-corrected chi connectivity index (χ3v) is 6.46. The van der Waals surface area contributed by atoms with E-state index in [2.05, 4.69) is 0 Å². The number of halogens is 16. The number of alkyl halides is 16. The fourth-order valence-corrected chi connectivity index (χ4v) is 3.90. The fourth-order valence-electron chi connectivity index (χ4n) is 2.77. The van der Waals surface area contributed by atoms with E-state index < -0.39 is 93.9 Å². The minimum absolute atomic E-state index is 0. The van der Waals surface area contributed by atoms with Crippen molar-refractivity contribution in [1.29, 1.82) is 0 Å². The van der Waals surface area contributed by atoms with Crippen molar-refractivity contribution < 1.29 is 134 Å². The summed E-state index contributed by atoms with van der Waals surface area (Å²) in [6.07, 6.45) is -19.9. The summed E-state index contributed by atoms with van der Waals surface area (Å²) in [4.78, 5) is 22.7. The van der Waals surface area contributed by atoms with E-state index in [1.807, 2.05) is 0 Å². The van der Waals surface area contributed by atoms with E-state index in [4.69, 9.17) is 14.8 Å². The van der Waals surface area contributed by atoms with Gasteiger partial charge in [-0.1, -0.05) is 0 Å². The van der Waals surface area contributed by atoms with Crippen LogP contribution in [0.15, 0.2) is 0 Å². The van der Waals surface area contributed by atoms with Crippen molar-refractivity contribution in [3.63, 3.8) is 0 Å². The van der Waals surface area contributed by atoms with Gasteiger partial charge in [-0.25, -0.2) is 17.6 Å². The first-order chi connectivity index (χ1) is 16.3. The molecule has 0 spiro atoms. The molecule has 0 aromatic rings. The molecular formula is C14H11F16NaO7S. The van der Waals surface area contributed by atoms with Crippen LogP contribution in [0.5, 0.6) is 0 Å². The van der Waals surface area contributed by atoms with E-state index in [9.17, 15) is 88.3 Å². The van der Waals surface area contributed by atoms with Crippen molar-refractivity contribution in [3.05, 3.63) is 0 Å². The average molecular weight is 650 g/mol. The summed E-state index contributed by atoms with van der Waals surface area (Å²) in [5, 5.41) is 17.8. The summed E-state index contributed by atoms with van der Waals surface area (Å²) in [5.74, 6) is -56.5. The molecule has 7 nitrogen and oxygen atoms in total. The van der Waals surface area contributed by atoms with Crippen LogP contribution in [0.25, 0.3) is 0 Å². The summed E-state index contributed by atoms with van der Waals surface area (Å²) in [6, 6.07) is 0. The van der Waals surface area contributed by atoms with Gasteiger partial charge in [0.15, 0.2) is 0 Å². The molecule has 0 saturated carbocycles. The van der Waals surface area contributed by atoms with Gasteiger partial charge in [0.1, 0.15) is 0 Å². The molecule has 0 amide bonds. The van der Waals surface area contributed by atoms with Gasteiger partial charge in [-0.15, -0.1) is 0 Å². The van der Waals surface area contributed by atoms with Crippen LogP contribution in [0, 0.1) is 5.92 Å². The molecule has 25 heteroatoms. The van der Waals surface area contributed by atoms with Gasteiger partial charge in [0, 0.05) is 6.42 Å². The Bertz CT molecular complexity index is 1030. The molecule has 0 heterocycles. The second kappa shape index (κ2) is 11.5. The van der Waals surface area contributed by atoms with Gasteiger partial charge >= 0.3 is 89.9 Å². The van der Waals surface area contributed by atoms with Gasteiger partial charge in [0.2, 0.25) is 4.75 Å². The molecule has 0 aliphatic heterocycles. The minimum Gasteiger partial charge on any atom is -1.00 e. The Labute approximate surface area is 228 Å². The SMILES string of the molecule is O=C(O)C(CC(F)(F)C(F)(F)C(F)(F)C(F)F)C(CC(F)(F)C(F)(F)C(F)(F)C(F)F)(C(=O)O)S(=O)(=O)O.[H-].[Na+]. The van der Waals surface area contributed by atoms with E-state index in [0.29, 0.717) is 0 Å². The Hall–Kier alpha value is -1.27. The molecule has 0 aliphatic carbocycles. The summed E-state index contributed by atoms with van der Waals surface area (Å²) in [7, 11) is -7.54. The van der Waals surface area contributed by atoms with Crippen LogP contribution >= 0.6 is 0 Å². The Balaban J connectivity index is -0.00000684. The maximum absolute atomic E-state index is 14.1. The zero-order valence-electron chi connectivity index (χ0n) is 19.1. The van der Waals surface area contributed by atoms with Gasteiger partial charge in [-0.3, -0.25) is 14.1 Å². The van der Waals surface area contributed by atoms with Crippen LogP contribution in [0.4, 0.5) is 70.2 Å². The quantitative estimate of drug-likeness (QED) is 0.148. The second-order valence-electron chi connectivity index (χ2n) is 7.35. The topological polar surface area (TPSA) is 129 Å². The van der Waals surface area contributed by atoms with Gasteiger partial charge in [-0.05, 0) is 0 Å². The summed E-state index contributed by atoms with van der Waals surface area (Å²) >= 11 is 0. The predicted octanol–water partition coefficient (Wildman–Crippen LogP) is 1.64. The minimum atomic E-state index is -7.61. The normalized spacial score (nSPS) is 17.0. The average Bonchev–Trinajstić information content (AvgIpc) is 2.68. The molecule has 0 bridgehead atoms. The number of hydrogen-bond acceptors (Lipinski definition) is 4. The molecule has 0 radical (unpaired) electrons. The largest absolute Gasteiger partial charge is 1.00 e. The third kappa shape index (κ3) is 6.47. The fraction of sp³-hybridized carbons (Fsp3) is 0.857. The Morgan fingerprint density at radius 1 is 0.692 bits per heavy atom. The third-order valence-electron chi connectivity index (χ3n) is 4.93. The maximum atomic E-state index is 14.1. The first kappa shape index (κ1) is 39.9. The summed E-state index contributed by atoms with van der Waals surface area (Å²) in [5.41, 5.74) is 0. The van der Waals surface area contributed by atoms with Crippen LogP contribution in [0.1, 0.15) is 14.3 Å². The Morgan fingerprint density at radius 3 is 1.23 bits per heavy atom. The molecule has 0 aromatic heterocycles. The zero-order chi connectivity index (χ0) is 31.3. The van der Waals surface area contributed by atoms with Crippen molar-refractivity contribution in [2.45, 2.75) is 66.0 Å². The van der Waals surface area contributed by atoms with Crippen molar-refractivity contribution >= 4 is 22.1 Å². The van der Waals surface area contributed by atoms with Crippen LogP contribution in [-0.2, 0) is 19.7 Å². The van der Waals surface area contributed by atoms with Crippen LogP contribution in [-0.4, -0.2) is 88.3 Å². The van der Waals surface area contributed by atoms with Crippen molar-refractivity contribution in [2.75, 3.05) is 0 Å². The number of aliphatic carboxylic acids is 2. The number of rotatable bonds is 14. The van der Waals surface area contributed by atoms with Crippen LogP contribution < -0.4 is 29.6 Å². The Kier molecular flexibility index (Phi) is 11.8. The molecule has 2 atom stereocenters. The van der Waals surface area contributed by atoms with Gasteiger partial charge in [0.05, 0.1) is 12.3 Å². The van der Waals surface area contributed by atoms with Crippen molar-refractivity contribution in [1.82, 2.24) is 0 Å². The van der Waals surface area contributed by atoms with E-state index in [1.54, 1.807) is 0 Å². The molecule has 39 heavy (non-hydrogen) atoms. The van der Waals surface area contributed by atoms with Gasteiger partial charge < -0.3 is 11.6 Å². The summed E-state index contributed by atoms with van der Waals surface area (Å²) < 4.78 is 237. The maximum Gasteiger partial charge on any atom is 1.00 e. The molecule has 2 unspecified atom stereocenters. The molecule has 0 aromatic carbocycles. The van der Waals surface area contributed by atoms with E-state index in [1.165, 1.54) is 0 Å². The molecule has 0 aliphatic rings. The molecule has 3 N–H and O–H groups in total. The number of carboxylic acids is 2. The Morgan fingerprint density at radius 2 is 1.00 bits per heavy atom. The van der Waals surface area contributed by atoms with E-state index in [0.717, 1.165) is 0 Å². The van der Waals surface area contributed by atoms with Crippen LogP contribution in [0.3, 0.4) is 0 Å². The molecule has 0 saturated heterocycles. The van der Waals surface area contributed by atoms with E-state index in [-0.39, 0.29) is 31.0 Å². The molecule has 0 fully saturated rings. The smallest absolute Gasteiger partial charge is 1.00 e. The molecule has 228 valence electrons. The van der Waals surface area contributed by atoms with Crippen molar-refractivity contribution in [2.24, 2.45) is 5.92 Å². The number of hydrogen-bond donors (Lipinski definition) is 3. The first-order valence-corrected chi connectivity index (χ1v) is 10.0. The first-order valence-electron chi connectivity index (χ1n) is 8.59. The molecule has 0 rings (SSSR count). The van der Waals surface area contributed by atoms with Crippen LogP contribution in [0.2, 0.25) is 0 Å². The zero-order valence-corrected chi connectivity index (χ0v) is 20.9. The monoisotopic (exact) mass is 650 g/mol.